The van der Waals surface area contributed by atoms with Crippen LogP contribution in [-0.2, 0) is 6.54 Å². The Morgan fingerprint density at radius 2 is 2.10 bits per heavy atom. The molecule has 0 spiro atoms. The van der Waals surface area contributed by atoms with Gasteiger partial charge in [-0.05, 0) is 37.4 Å². The first-order valence-electron chi connectivity index (χ1n) is 7.91. The molecule has 1 aliphatic heterocycles. The van der Waals surface area contributed by atoms with Crippen molar-refractivity contribution < 1.29 is 5.11 Å². The molecule has 0 saturated carbocycles. The summed E-state index contributed by atoms with van der Waals surface area (Å²) in [6.07, 6.45) is 2.60. The van der Waals surface area contributed by atoms with Gasteiger partial charge in [-0.1, -0.05) is 37.3 Å². The van der Waals surface area contributed by atoms with Crippen LogP contribution < -0.4 is 0 Å². The summed E-state index contributed by atoms with van der Waals surface area (Å²) in [7, 11) is 0. The van der Waals surface area contributed by atoms with Gasteiger partial charge in [0.1, 0.15) is 0 Å². The number of aliphatic hydroxyl groups excluding tert-OH is 1. The zero-order valence-corrected chi connectivity index (χ0v) is 12.7. The molecule has 1 aliphatic rings. The van der Waals surface area contributed by atoms with Gasteiger partial charge in [0, 0.05) is 26.2 Å². The Morgan fingerprint density at radius 1 is 1.30 bits per heavy atom. The molecule has 1 atom stereocenters. The van der Waals surface area contributed by atoms with Crippen LogP contribution in [0.1, 0.15) is 25.3 Å². The Bertz CT molecular complexity index is 367. The number of hydrogen-bond acceptors (Lipinski definition) is 3. The third kappa shape index (κ3) is 4.89. The molecular formula is C17H28N2O. The van der Waals surface area contributed by atoms with Crippen molar-refractivity contribution in [1.82, 2.24) is 9.80 Å². The predicted molar refractivity (Wildman–Crippen MR) is 83.6 cm³/mol. The Balaban J connectivity index is 1.83. The normalized spacial score (nSPS) is 20.4. The van der Waals surface area contributed by atoms with Crippen LogP contribution in [0.5, 0.6) is 0 Å². The number of benzene rings is 1. The highest BCUT2D eigenvalue weighted by Crippen LogP contribution is 2.18. The lowest BCUT2D eigenvalue weighted by molar-refractivity contribution is 0.113. The summed E-state index contributed by atoms with van der Waals surface area (Å²) in [4.78, 5) is 4.95. The standard InChI is InChI=1S/C17H28N2O/c1-2-18(13-16-7-4-3-5-8-16)14-17-9-6-10-19(15-17)11-12-20/h3-5,7-8,17,20H,2,6,9-15H2,1H3/t17-/m1/s1. The molecule has 1 fully saturated rings. The fourth-order valence-electron chi connectivity index (χ4n) is 3.16. The van der Waals surface area contributed by atoms with Crippen molar-refractivity contribution in [2.45, 2.75) is 26.3 Å². The Hall–Kier alpha value is -0.900. The highest BCUT2D eigenvalue weighted by Gasteiger charge is 2.21. The van der Waals surface area contributed by atoms with E-state index in [0.717, 1.165) is 38.6 Å². The van der Waals surface area contributed by atoms with Gasteiger partial charge in [-0.3, -0.25) is 4.90 Å². The molecular weight excluding hydrogens is 248 g/mol. The van der Waals surface area contributed by atoms with Crippen LogP contribution in [-0.4, -0.2) is 54.2 Å². The monoisotopic (exact) mass is 276 g/mol. The molecule has 0 amide bonds. The first-order valence-corrected chi connectivity index (χ1v) is 7.91. The van der Waals surface area contributed by atoms with Crippen molar-refractivity contribution in [3.05, 3.63) is 35.9 Å². The van der Waals surface area contributed by atoms with Crippen LogP contribution in [0.15, 0.2) is 30.3 Å². The number of β-amino-alcohol motifs (C(OH)–C–C–N with tert-alkyl or cyclic N) is 1. The zero-order valence-electron chi connectivity index (χ0n) is 12.7. The lowest BCUT2D eigenvalue weighted by atomic mass is 9.97. The summed E-state index contributed by atoms with van der Waals surface area (Å²) >= 11 is 0. The van der Waals surface area contributed by atoms with Crippen LogP contribution in [0.2, 0.25) is 0 Å². The molecule has 112 valence electrons. The number of piperidine rings is 1. The van der Waals surface area contributed by atoms with Crippen molar-refractivity contribution in [2.75, 3.05) is 39.3 Å². The molecule has 1 heterocycles. The van der Waals surface area contributed by atoms with Gasteiger partial charge in [0.2, 0.25) is 0 Å². The van der Waals surface area contributed by atoms with E-state index in [4.69, 9.17) is 5.11 Å². The number of aliphatic hydroxyl groups is 1. The minimum Gasteiger partial charge on any atom is -0.395 e. The number of rotatable bonds is 7. The minimum absolute atomic E-state index is 0.286. The van der Waals surface area contributed by atoms with E-state index in [0.29, 0.717) is 0 Å². The molecule has 0 aromatic heterocycles. The van der Waals surface area contributed by atoms with Crippen LogP contribution in [0, 0.1) is 5.92 Å². The Morgan fingerprint density at radius 3 is 2.80 bits per heavy atom. The lowest BCUT2D eigenvalue weighted by Crippen LogP contribution is -2.41. The van der Waals surface area contributed by atoms with E-state index in [1.54, 1.807) is 0 Å². The SMILES string of the molecule is CCN(Cc1ccccc1)C[C@H]1CCCN(CCO)C1. The Kier molecular flexibility index (Phi) is 6.51. The average molecular weight is 276 g/mol. The maximum atomic E-state index is 9.08. The summed E-state index contributed by atoms with van der Waals surface area (Å²) in [5, 5.41) is 9.08. The average Bonchev–Trinajstić information content (AvgIpc) is 2.48. The second kappa shape index (κ2) is 8.40. The summed E-state index contributed by atoms with van der Waals surface area (Å²) in [5.74, 6) is 0.749. The van der Waals surface area contributed by atoms with Gasteiger partial charge in [-0.2, -0.15) is 0 Å². The molecule has 0 aliphatic carbocycles. The predicted octanol–water partition coefficient (Wildman–Crippen LogP) is 2.21. The van der Waals surface area contributed by atoms with E-state index in [1.807, 2.05) is 0 Å². The van der Waals surface area contributed by atoms with E-state index in [-0.39, 0.29) is 6.61 Å². The van der Waals surface area contributed by atoms with Gasteiger partial charge in [0.05, 0.1) is 6.61 Å². The highest BCUT2D eigenvalue weighted by atomic mass is 16.3. The largest absolute Gasteiger partial charge is 0.395 e. The van der Waals surface area contributed by atoms with E-state index in [1.165, 1.54) is 24.9 Å². The number of hydrogen-bond donors (Lipinski definition) is 1. The van der Waals surface area contributed by atoms with E-state index < -0.39 is 0 Å². The fourth-order valence-corrected chi connectivity index (χ4v) is 3.16. The van der Waals surface area contributed by atoms with Crippen LogP contribution >= 0.6 is 0 Å². The molecule has 3 heteroatoms. The van der Waals surface area contributed by atoms with Crippen molar-refractivity contribution in [1.29, 1.82) is 0 Å². The fraction of sp³-hybridized carbons (Fsp3) is 0.647. The number of likely N-dealkylation sites (tertiary alicyclic amines) is 1. The molecule has 3 nitrogen and oxygen atoms in total. The first-order chi connectivity index (χ1) is 9.81. The highest BCUT2D eigenvalue weighted by molar-refractivity contribution is 5.14. The van der Waals surface area contributed by atoms with Gasteiger partial charge >= 0.3 is 0 Å². The summed E-state index contributed by atoms with van der Waals surface area (Å²) in [6, 6.07) is 10.7. The molecule has 2 rings (SSSR count). The molecule has 0 unspecified atom stereocenters. The van der Waals surface area contributed by atoms with E-state index in [9.17, 15) is 0 Å². The third-order valence-corrected chi connectivity index (χ3v) is 4.23. The van der Waals surface area contributed by atoms with Gasteiger partial charge in [0.25, 0.3) is 0 Å². The van der Waals surface area contributed by atoms with Crippen LogP contribution in [0.25, 0.3) is 0 Å². The molecule has 0 radical (unpaired) electrons. The summed E-state index contributed by atoms with van der Waals surface area (Å²) in [6.45, 7) is 8.99. The molecule has 20 heavy (non-hydrogen) atoms. The topological polar surface area (TPSA) is 26.7 Å². The Labute approximate surface area is 123 Å². The van der Waals surface area contributed by atoms with Gasteiger partial charge in [-0.25, -0.2) is 0 Å². The van der Waals surface area contributed by atoms with Crippen molar-refractivity contribution in [2.24, 2.45) is 5.92 Å². The molecule has 1 N–H and O–H groups in total. The van der Waals surface area contributed by atoms with Crippen LogP contribution in [0.3, 0.4) is 0 Å². The second-order valence-electron chi connectivity index (χ2n) is 5.85. The van der Waals surface area contributed by atoms with Crippen molar-refractivity contribution >= 4 is 0 Å². The maximum absolute atomic E-state index is 9.08. The quantitative estimate of drug-likeness (QED) is 0.827. The first kappa shape index (κ1) is 15.5. The van der Waals surface area contributed by atoms with Gasteiger partial charge in [0.15, 0.2) is 0 Å². The lowest BCUT2D eigenvalue weighted by Gasteiger charge is -2.35. The zero-order chi connectivity index (χ0) is 14.2. The maximum Gasteiger partial charge on any atom is 0.0558 e. The van der Waals surface area contributed by atoms with E-state index in [2.05, 4.69) is 47.1 Å². The summed E-state index contributed by atoms with van der Waals surface area (Å²) < 4.78 is 0. The minimum atomic E-state index is 0.286. The molecule has 1 aromatic rings. The van der Waals surface area contributed by atoms with Crippen molar-refractivity contribution in [3.8, 4) is 0 Å². The van der Waals surface area contributed by atoms with Gasteiger partial charge in [-0.15, -0.1) is 0 Å². The molecule has 1 aromatic carbocycles. The van der Waals surface area contributed by atoms with Gasteiger partial charge < -0.3 is 10.0 Å². The van der Waals surface area contributed by atoms with E-state index >= 15 is 0 Å². The summed E-state index contributed by atoms with van der Waals surface area (Å²) in [5.41, 5.74) is 1.40. The number of nitrogens with zero attached hydrogens (tertiary/aromatic N) is 2. The molecule has 0 bridgehead atoms. The smallest absolute Gasteiger partial charge is 0.0558 e. The molecule has 1 saturated heterocycles. The third-order valence-electron chi connectivity index (χ3n) is 4.23. The second-order valence-corrected chi connectivity index (χ2v) is 5.85. The van der Waals surface area contributed by atoms with Crippen molar-refractivity contribution in [3.63, 3.8) is 0 Å². The van der Waals surface area contributed by atoms with Crippen LogP contribution in [0.4, 0.5) is 0 Å².